The Kier molecular flexibility index (Phi) is 5.72. The van der Waals surface area contributed by atoms with Crippen molar-refractivity contribution in [1.82, 2.24) is 4.98 Å². The number of amides is 1. The number of nitrogens with zero attached hydrogens (tertiary/aromatic N) is 1. The molecular weight excluding hydrogens is 380 g/mol. The van der Waals surface area contributed by atoms with Crippen molar-refractivity contribution in [3.63, 3.8) is 0 Å². The molecule has 1 heterocycles. The summed E-state index contributed by atoms with van der Waals surface area (Å²) in [6.07, 6.45) is 0.777. The van der Waals surface area contributed by atoms with E-state index in [1.165, 1.54) is 23.5 Å². The minimum absolute atomic E-state index is 0.140. The third-order valence-corrected chi connectivity index (χ3v) is 6.76. The van der Waals surface area contributed by atoms with E-state index < -0.39 is 21.5 Å². The molecule has 0 aliphatic carbocycles. The number of thiazole rings is 1. The number of hydrogen-bond acceptors (Lipinski definition) is 5. The van der Waals surface area contributed by atoms with Gasteiger partial charge in [-0.3, -0.25) is 4.79 Å². The number of benzene rings is 2. The van der Waals surface area contributed by atoms with Gasteiger partial charge < -0.3 is 5.32 Å². The van der Waals surface area contributed by atoms with Crippen LogP contribution in [0, 0.1) is 6.92 Å². The third kappa shape index (κ3) is 4.61. The number of rotatable bonds is 6. The van der Waals surface area contributed by atoms with Crippen LogP contribution in [0.5, 0.6) is 0 Å². The summed E-state index contributed by atoms with van der Waals surface area (Å²) in [5.74, 6) is -1.20. The number of aryl methyl sites for hydroxylation is 2. The molecule has 27 heavy (non-hydrogen) atoms. The largest absolute Gasteiger partial charge is 0.301 e. The average molecular weight is 401 g/mol. The molecule has 1 amide bonds. The van der Waals surface area contributed by atoms with Crippen molar-refractivity contribution in [2.45, 2.75) is 25.2 Å². The smallest absolute Gasteiger partial charge is 0.241 e. The van der Waals surface area contributed by atoms with E-state index in [0.29, 0.717) is 5.13 Å². The summed E-state index contributed by atoms with van der Waals surface area (Å²) >= 11 is 1.37. The highest BCUT2D eigenvalue weighted by Crippen LogP contribution is 2.31. The maximum atomic E-state index is 12.4. The first-order chi connectivity index (χ1) is 12.9. The van der Waals surface area contributed by atoms with Crippen molar-refractivity contribution in [2.24, 2.45) is 0 Å². The van der Waals surface area contributed by atoms with Crippen LogP contribution in [0.4, 0.5) is 5.13 Å². The summed E-state index contributed by atoms with van der Waals surface area (Å²) in [7, 11) is -3.69. The molecule has 0 saturated heterocycles. The molecule has 0 aliphatic heterocycles. The molecule has 3 rings (SSSR count). The Hall–Kier alpha value is -2.51. The monoisotopic (exact) mass is 400 g/mol. The second-order valence-corrected chi connectivity index (χ2v) is 9.20. The summed E-state index contributed by atoms with van der Waals surface area (Å²) in [4.78, 5) is 18.0. The van der Waals surface area contributed by atoms with E-state index in [-0.39, 0.29) is 4.90 Å². The lowest BCUT2D eigenvalue weighted by Crippen LogP contribution is -2.23. The summed E-state index contributed by atoms with van der Waals surface area (Å²) < 4.78 is 24.8. The van der Waals surface area contributed by atoms with E-state index in [9.17, 15) is 13.2 Å². The summed E-state index contributed by atoms with van der Waals surface area (Å²) in [6.45, 7) is 3.90. The number of carbonyl (C=O) groups excluding carboxylic acids is 1. The normalized spacial score (nSPS) is 11.3. The third-order valence-electron chi connectivity index (χ3n) is 4.01. The van der Waals surface area contributed by atoms with E-state index >= 15 is 0 Å². The molecule has 1 N–H and O–H groups in total. The second kappa shape index (κ2) is 8.02. The van der Waals surface area contributed by atoms with Gasteiger partial charge in [-0.15, -0.1) is 11.3 Å². The highest BCUT2D eigenvalue weighted by atomic mass is 32.2. The first-order valence-electron chi connectivity index (χ1n) is 8.53. The Balaban J connectivity index is 1.76. The van der Waals surface area contributed by atoms with Crippen LogP contribution in [0.2, 0.25) is 0 Å². The molecular formula is C20H20N2O3S2. The number of aromatic nitrogens is 1. The molecule has 0 radical (unpaired) electrons. The second-order valence-electron chi connectivity index (χ2n) is 6.13. The molecule has 0 aliphatic rings. The Bertz CT molecular complexity index is 1040. The Morgan fingerprint density at radius 3 is 2.37 bits per heavy atom. The van der Waals surface area contributed by atoms with Gasteiger partial charge in [0.15, 0.2) is 15.0 Å². The lowest BCUT2D eigenvalue weighted by molar-refractivity contribution is -0.113. The molecule has 0 unspecified atom stereocenters. The van der Waals surface area contributed by atoms with E-state index in [1.54, 1.807) is 12.1 Å². The van der Waals surface area contributed by atoms with Gasteiger partial charge >= 0.3 is 0 Å². The zero-order chi connectivity index (χ0) is 19.4. The van der Waals surface area contributed by atoms with Gasteiger partial charge in [0.1, 0.15) is 5.75 Å². The van der Waals surface area contributed by atoms with Gasteiger partial charge in [-0.2, -0.15) is 0 Å². The zero-order valence-electron chi connectivity index (χ0n) is 15.1. The minimum atomic E-state index is -3.69. The molecule has 2 aromatic carbocycles. The fourth-order valence-corrected chi connectivity index (χ4v) is 4.70. The number of hydrogen-bond donors (Lipinski definition) is 1. The van der Waals surface area contributed by atoms with Crippen LogP contribution in [0.3, 0.4) is 0 Å². The zero-order valence-corrected chi connectivity index (χ0v) is 16.7. The van der Waals surface area contributed by atoms with Crippen molar-refractivity contribution >= 4 is 32.2 Å². The predicted octanol–water partition coefficient (Wildman–Crippen LogP) is 4.09. The number of nitrogens with one attached hydrogen (secondary N) is 1. The van der Waals surface area contributed by atoms with E-state index in [1.807, 2.05) is 44.2 Å². The summed E-state index contributed by atoms with van der Waals surface area (Å²) in [5, 5.41) is 3.05. The van der Waals surface area contributed by atoms with E-state index in [0.717, 1.165) is 28.1 Å². The van der Waals surface area contributed by atoms with Gasteiger partial charge in [0.2, 0.25) is 5.91 Å². The first kappa shape index (κ1) is 19.3. The van der Waals surface area contributed by atoms with E-state index in [2.05, 4.69) is 10.3 Å². The topological polar surface area (TPSA) is 76.1 Å². The van der Waals surface area contributed by atoms with Crippen LogP contribution in [0.25, 0.3) is 11.3 Å². The maximum Gasteiger partial charge on any atom is 0.241 e. The first-order valence-corrected chi connectivity index (χ1v) is 11.0. The standard InChI is InChI=1S/C20H20N2O3S2/c1-3-17-19(15-7-5-4-6-8-15)22-20(26-17)21-18(23)13-27(24,25)16-11-9-14(2)10-12-16/h4-12H,3,13H2,1-2H3,(H,21,22,23). The fraction of sp³-hybridized carbons (Fsp3) is 0.200. The molecule has 0 atom stereocenters. The molecule has 7 heteroatoms. The highest BCUT2D eigenvalue weighted by molar-refractivity contribution is 7.92. The molecule has 5 nitrogen and oxygen atoms in total. The number of carbonyl (C=O) groups is 1. The van der Waals surface area contributed by atoms with Crippen LogP contribution < -0.4 is 5.32 Å². The Morgan fingerprint density at radius 2 is 1.74 bits per heavy atom. The Labute approximate surface area is 163 Å². The van der Waals surface area contributed by atoms with Gasteiger partial charge in [0, 0.05) is 10.4 Å². The predicted molar refractivity (Wildman–Crippen MR) is 109 cm³/mol. The molecule has 0 fully saturated rings. The van der Waals surface area contributed by atoms with Gasteiger partial charge in [0.05, 0.1) is 10.6 Å². The fourth-order valence-electron chi connectivity index (χ4n) is 2.62. The lowest BCUT2D eigenvalue weighted by Gasteiger charge is -2.05. The quantitative estimate of drug-likeness (QED) is 0.676. The average Bonchev–Trinajstić information content (AvgIpc) is 3.05. The van der Waals surface area contributed by atoms with Crippen LogP contribution in [0.15, 0.2) is 59.5 Å². The van der Waals surface area contributed by atoms with Crippen molar-refractivity contribution in [2.75, 3.05) is 11.1 Å². The minimum Gasteiger partial charge on any atom is -0.301 e. The van der Waals surface area contributed by atoms with Crippen molar-refractivity contribution in [3.8, 4) is 11.3 Å². The molecule has 0 bridgehead atoms. The molecule has 140 valence electrons. The Morgan fingerprint density at radius 1 is 1.07 bits per heavy atom. The van der Waals surface area contributed by atoms with E-state index in [4.69, 9.17) is 0 Å². The molecule has 0 saturated carbocycles. The van der Waals surface area contributed by atoms with Crippen molar-refractivity contribution in [1.29, 1.82) is 0 Å². The maximum absolute atomic E-state index is 12.4. The SMILES string of the molecule is CCc1sc(NC(=O)CS(=O)(=O)c2ccc(C)cc2)nc1-c1ccccc1. The molecule has 3 aromatic rings. The number of anilines is 1. The molecule has 1 aromatic heterocycles. The van der Waals surface area contributed by atoms with Crippen LogP contribution in [-0.4, -0.2) is 25.1 Å². The van der Waals surface area contributed by atoms with Gasteiger partial charge in [-0.25, -0.2) is 13.4 Å². The lowest BCUT2D eigenvalue weighted by atomic mass is 10.1. The van der Waals surface area contributed by atoms with Crippen LogP contribution in [0.1, 0.15) is 17.4 Å². The molecule has 0 spiro atoms. The van der Waals surface area contributed by atoms with Crippen molar-refractivity contribution < 1.29 is 13.2 Å². The van der Waals surface area contributed by atoms with Gasteiger partial charge in [0.25, 0.3) is 0 Å². The van der Waals surface area contributed by atoms with Crippen LogP contribution >= 0.6 is 11.3 Å². The van der Waals surface area contributed by atoms with Gasteiger partial charge in [-0.1, -0.05) is 55.0 Å². The summed E-state index contributed by atoms with van der Waals surface area (Å²) in [6, 6.07) is 16.2. The highest BCUT2D eigenvalue weighted by Gasteiger charge is 2.21. The van der Waals surface area contributed by atoms with Crippen LogP contribution in [-0.2, 0) is 21.1 Å². The van der Waals surface area contributed by atoms with Crippen molar-refractivity contribution in [3.05, 3.63) is 65.0 Å². The van der Waals surface area contributed by atoms with Gasteiger partial charge in [-0.05, 0) is 25.5 Å². The summed E-state index contributed by atoms with van der Waals surface area (Å²) in [5.41, 5.74) is 2.75. The number of sulfone groups is 1.